The highest BCUT2D eigenvalue weighted by Crippen LogP contribution is 2.37. The van der Waals surface area contributed by atoms with Gasteiger partial charge >= 0.3 is 11.9 Å². The zero-order valence-corrected chi connectivity index (χ0v) is 17.2. The average Bonchev–Trinajstić information content (AvgIpc) is 2.90. The smallest absolute Gasteiger partial charge is 0.328 e. The van der Waals surface area contributed by atoms with Crippen molar-refractivity contribution in [2.75, 3.05) is 13.1 Å². The van der Waals surface area contributed by atoms with Crippen molar-refractivity contribution < 1.29 is 19.8 Å². The molecule has 7 heteroatoms. The first-order chi connectivity index (χ1) is 14.5. The number of benzene rings is 1. The van der Waals surface area contributed by atoms with Gasteiger partial charge in [0.25, 0.3) is 0 Å². The molecule has 30 heavy (non-hydrogen) atoms. The normalized spacial score (nSPS) is 15.5. The lowest BCUT2D eigenvalue weighted by Crippen LogP contribution is -2.24. The van der Waals surface area contributed by atoms with Crippen molar-refractivity contribution >= 4 is 29.1 Å². The van der Waals surface area contributed by atoms with E-state index in [1.54, 1.807) is 0 Å². The fourth-order valence-electron chi connectivity index (χ4n) is 3.75. The molecule has 1 aliphatic heterocycles. The van der Waals surface area contributed by atoms with Crippen LogP contribution in [0.2, 0.25) is 5.02 Å². The Balaban J connectivity index is 0.000000275. The van der Waals surface area contributed by atoms with E-state index in [1.807, 2.05) is 18.3 Å². The number of aliphatic carboxylic acids is 2. The van der Waals surface area contributed by atoms with E-state index in [2.05, 4.69) is 23.5 Å². The lowest BCUT2D eigenvalue weighted by atomic mass is 9.89. The molecule has 1 aromatic heterocycles. The molecule has 0 saturated carbocycles. The van der Waals surface area contributed by atoms with E-state index in [9.17, 15) is 9.59 Å². The lowest BCUT2D eigenvalue weighted by Gasteiger charge is -2.21. The monoisotopic (exact) mass is 426 g/mol. The van der Waals surface area contributed by atoms with Crippen molar-refractivity contribution in [2.45, 2.75) is 25.7 Å². The summed E-state index contributed by atoms with van der Waals surface area (Å²) in [4.78, 5) is 23.9. The molecule has 0 atom stereocenters. The van der Waals surface area contributed by atoms with Crippen molar-refractivity contribution in [3.8, 4) is 0 Å². The molecule has 6 nitrogen and oxygen atoms in total. The first kappa shape index (κ1) is 21.7. The Morgan fingerprint density at radius 2 is 1.63 bits per heavy atom. The van der Waals surface area contributed by atoms with Gasteiger partial charge < -0.3 is 15.5 Å². The number of halogens is 1. The Kier molecular flexibility index (Phi) is 7.38. The number of nitrogens with one attached hydrogen (secondary N) is 1. The van der Waals surface area contributed by atoms with Crippen LogP contribution in [0.15, 0.2) is 54.3 Å². The minimum atomic E-state index is -1.26. The third-order valence-electron chi connectivity index (χ3n) is 5.06. The summed E-state index contributed by atoms with van der Waals surface area (Å²) in [5.74, 6) is -2.51. The van der Waals surface area contributed by atoms with Crippen molar-refractivity contribution in [1.29, 1.82) is 0 Å². The van der Waals surface area contributed by atoms with E-state index in [0.29, 0.717) is 12.2 Å². The predicted molar refractivity (Wildman–Crippen MR) is 116 cm³/mol. The number of aromatic nitrogens is 1. The van der Waals surface area contributed by atoms with E-state index in [0.717, 1.165) is 43.8 Å². The van der Waals surface area contributed by atoms with Crippen LogP contribution < -0.4 is 5.32 Å². The van der Waals surface area contributed by atoms with Crippen LogP contribution in [0, 0.1) is 0 Å². The number of rotatable bonds is 2. The second-order valence-electron chi connectivity index (χ2n) is 7.05. The molecule has 1 aromatic carbocycles. The number of fused-ring (bicyclic) bond motifs is 2. The number of aryl methyl sites for hydroxylation is 2. The maximum atomic E-state index is 9.55. The van der Waals surface area contributed by atoms with Crippen molar-refractivity contribution in [2.24, 2.45) is 0 Å². The number of carboxylic acid groups (broad SMARTS) is 2. The Labute approximate surface area is 179 Å². The van der Waals surface area contributed by atoms with Gasteiger partial charge in [0.2, 0.25) is 0 Å². The van der Waals surface area contributed by atoms with Crippen molar-refractivity contribution in [1.82, 2.24) is 10.3 Å². The minimum Gasteiger partial charge on any atom is -0.478 e. The standard InChI is InChI=1S/C19H19ClN2.C4H4O4/c20-16-5-6-17-15(12-16)4-3-14-2-1-9-22-19(14)18(17)13-7-10-21-11-8-13;5-3(6)1-2-4(7)8/h1-2,5-6,9,12,21H,3-4,7-8,10-11H2;1-2H,(H,5,6)(H,7,8)/b;2-1+. The van der Waals surface area contributed by atoms with E-state index in [4.69, 9.17) is 26.8 Å². The van der Waals surface area contributed by atoms with E-state index < -0.39 is 11.9 Å². The molecule has 3 N–H and O–H groups in total. The number of hydrogen-bond donors (Lipinski definition) is 3. The molecule has 0 radical (unpaired) electrons. The van der Waals surface area contributed by atoms with Crippen LogP contribution in [0.4, 0.5) is 0 Å². The van der Waals surface area contributed by atoms with Gasteiger partial charge in [0.15, 0.2) is 0 Å². The van der Waals surface area contributed by atoms with Gasteiger partial charge in [-0.1, -0.05) is 29.3 Å². The Hall–Kier alpha value is -2.96. The maximum Gasteiger partial charge on any atom is 0.328 e. The van der Waals surface area contributed by atoms with Gasteiger partial charge in [0, 0.05) is 28.9 Å². The van der Waals surface area contributed by atoms with Gasteiger partial charge in [-0.05, 0) is 73.7 Å². The zero-order valence-electron chi connectivity index (χ0n) is 16.4. The molecule has 2 heterocycles. The molecule has 1 aliphatic carbocycles. The molecule has 156 valence electrons. The summed E-state index contributed by atoms with van der Waals surface area (Å²) in [7, 11) is 0. The molecule has 2 aliphatic rings. The predicted octanol–water partition coefficient (Wildman–Crippen LogP) is 3.73. The minimum absolute atomic E-state index is 0.558. The summed E-state index contributed by atoms with van der Waals surface area (Å²) in [5.41, 5.74) is 8.12. The number of nitrogens with zero attached hydrogens (tertiary/aromatic N) is 1. The fourth-order valence-corrected chi connectivity index (χ4v) is 3.95. The number of carbonyl (C=O) groups is 2. The van der Waals surface area contributed by atoms with Crippen LogP contribution in [0.25, 0.3) is 5.57 Å². The second kappa shape index (κ2) is 10.2. The van der Waals surface area contributed by atoms with Crippen LogP contribution in [-0.4, -0.2) is 40.2 Å². The maximum absolute atomic E-state index is 9.55. The third kappa shape index (κ3) is 5.55. The Morgan fingerprint density at radius 3 is 2.30 bits per heavy atom. The van der Waals surface area contributed by atoms with E-state index in [1.165, 1.54) is 33.5 Å². The Morgan fingerprint density at radius 1 is 0.967 bits per heavy atom. The van der Waals surface area contributed by atoms with Gasteiger partial charge in [-0.2, -0.15) is 0 Å². The zero-order chi connectivity index (χ0) is 21.5. The molecular formula is C23H23ClN2O4. The largest absolute Gasteiger partial charge is 0.478 e. The molecule has 0 amide bonds. The van der Waals surface area contributed by atoms with Crippen LogP contribution in [0.5, 0.6) is 0 Å². The highest BCUT2D eigenvalue weighted by molar-refractivity contribution is 6.30. The highest BCUT2D eigenvalue weighted by atomic mass is 35.5. The first-order valence-corrected chi connectivity index (χ1v) is 10.1. The van der Waals surface area contributed by atoms with E-state index in [-0.39, 0.29) is 0 Å². The van der Waals surface area contributed by atoms with Crippen molar-refractivity contribution in [3.05, 3.63) is 81.7 Å². The lowest BCUT2D eigenvalue weighted by molar-refractivity contribution is -0.134. The first-order valence-electron chi connectivity index (χ1n) is 9.75. The summed E-state index contributed by atoms with van der Waals surface area (Å²) in [6.07, 6.45) is 7.31. The number of hydrogen-bond acceptors (Lipinski definition) is 4. The molecule has 0 spiro atoms. The van der Waals surface area contributed by atoms with E-state index >= 15 is 0 Å². The van der Waals surface area contributed by atoms with Crippen molar-refractivity contribution in [3.63, 3.8) is 0 Å². The quantitative estimate of drug-likeness (QED) is 0.633. The third-order valence-corrected chi connectivity index (χ3v) is 5.29. The molecule has 0 unspecified atom stereocenters. The summed E-state index contributed by atoms with van der Waals surface area (Å²) in [6.45, 7) is 2.12. The SMILES string of the molecule is Clc1ccc2c(c1)CCc1cccnc1C2=C1CCNCC1.O=C(O)/C=C/C(=O)O. The van der Waals surface area contributed by atoms with Gasteiger partial charge in [0.1, 0.15) is 0 Å². The summed E-state index contributed by atoms with van der Waals surface area (Å²) in [6, 6.07) is 10.6. The van der Waals surface area contributed by atoms with Gasteiger partial charge in [-0.15, -0.1) is 0 Å². The van der Waals surface area contributed by atoms with Crippen LogP contribution in [0.1, 0.15) is 35.2 Å². The van der Waals surface area contributed by atoms with Crippen LogP contribution >= 0.6 is 11.6 Å². The summed E-state index contributed by atoms with van der Waals surface area (Å²) >= 11 is 6.23. The molecule has 2 aromatic rings. The molecule has 0 bridgehead atoms. The average molecular weight is 427 g/mol. The fraction of sp³-hybridized carbons (Fsp3) is 0.261. The molecule has 1 fully saturated rings. The summed E-state index contributed by atoms with van der Waals surface area (Å²) < 4.78 is 0. The highest BCUT2D eigenvalue weighted by Gasteiger charge is 2.23. The number of pyridine rings is 1. The van der Waals surface area contributed by atoms with Gasteiger partial charge in [-0.3, -0.25) is 4.98 Å². The molecule has 1 saturated heterocycles. The summed E-state index contributed by atoms with van der Waals surface area (Å²) in [5, 5.41) is 19.9. The number of piperidine rings is 1. The van der Waals surface area contributed by atoms with Gasteiger partial charge in [-0.25, -0.2) is 9.59 Å². The Bertz CT molecular complexity index is 990. The number of carboxylic acids is 2. The second-order valence-corrected chi connectivity index (χ2v) is 7.49. The van der Waals surface area contributed by atoms with Gasteiger partial charge in [0.05, 0.1) is 5.69 Å². The molecular weight excluding hydrogens is 404 g/mol. The topological polar surface area (TPSA) is 99.5 Å². The van der Waals surface area contributed by atoms with Crippen LogP contribution in [0.3, 0.4) is 0 Å². The van der Waals surface area contributed by atoms with Crippen LogP contribution in [-0.2, 0) is 22.4 Å². The molecule has 4 rings (SSSR count).